The van der Waals surface area contributed by atoms with Crippen molar-refractivity contribution in [3.8, 4) is 39.9 Å². The molecule has 8 nitrogen and oxygen atoms in total. The van der Waals surface area contributed by atoms with E-state index in [1.54, 1.807) is 74.0 Å². The molecule has 0 aliphatic rings. The second kappa shape index (κ2) is 8.62. The quantitative estimate of drug-likeness (QED) is 0.391. The first-order chi connectivity index (χ1) is 15.5. The van der Waals surface area contributed by atoms with E-state index in [-0.39, 0.29) is 5.56 Å². The maximum atomic E-state index is 12.4. The Balaban J connectivity index is 1.82. The third-order valence-corrected chi connectivity index (χ3v) is 5.09. The molecule has 4 rings (SSSR count). The Morgan fingerprint density at radius 3 is 2.53 bits per heavy atom. The predicted octanol–water partition coefficient (Wildman–Crippen LogP) is 3.12. The van der Waals surface area contributed by atoms with Crippen molar-refractivity contribution in [1.29, 1.82) is 5.26 Å². The van der Waals surface area contributed by atoms with E-state index in [0.29, 0.717) is 11.3 Å². The Kier molecular flexibility index (Phi) is 5.55. The molecule has 0 bridgehead atoms. The molecule has 0 saturated heterocycles. The number of carbonyl (C=O) groups is 1. The first-order valence-electron chi connectivity index (χ1n) is 9.71. The molecule has 158 valence electrons. The van der Waals surface area contributed by atoms with Crippen LogP contribution in [0.3, 0.4) is 0 Å². The summed E-state index contributed by atoms with van der Waals surface area (Å²) in [5.74, 6) is 0.209. The fourth-order valence-electron chi connectivity index (χ4n) is 3.45. The van der Waals surface area contributed by atoms with Gasteiger partial charge in [-0.3, -0.25) is 14.9 Å². The van der Waals surface area contributed by atoms with Crippen LogP contribution in [-0.4, -0.2) is 27.4 Å². The van der Waals surface area contributed by atoms with E-state index in [1.165, 1.54) is 4.57 Å². The normalized spacial score (nSPS) is 10.4. The Morgan fingerprint density at radius 2 is 1.81 bits per heavy atom. The molecule has 0 atom stereocenters. The highest BCUT2D eigenvalue weighted by atomic mass is 16.5. The van der Waals surface area contributed by atoms with Crippen LogP contribution in [0.1, 0.15) is 10.4 Å². The van der Waals surface area contributed by atoms with E-state index in [2.05, 4.69) is 10.4 Å². The fourth-order valence-corrected chi connectivity index (χ4v) is 3.45. The highest BCUT2D eigenvalue weighted by Crippen LogP contribution is 2.32. The predicted molar refractivity (Wildman–Crippen MR) is 119 cm³/mol. The molecule has 32 heavy (non-hydrogen) atoms. The van der Waals surface area contributed by atoms with Crippen LogP contribution >= 0.6 is 0 Å². The number of aryl methyl sites for hydroxylation is 1. The molecule has 2 aromatic carbocycles. The van der Waals surface area contributed by atoms with Gasteiger partial charge in [-0.2, -0.15) is 10.4 Å². The van der Waals surface area contributed by atoms with Crippen LogP contribution in [0.15, 0.2) is 78.0 Å². The van der Waals surface area contributed by atoms with Gasteiger partial charge in [0.05, 0.1) is 24.6 Å². The first kappa shape index (κ1) is 20.6. The molecule has 0 aliphatic carbocycles. The van der Waals surface area contributed by atoms with Gasteiger partial charge in [-0.1, -0.05) is 24.3 Å². The minimum atomic E-state index is -0.513. The first-order valence-corrected chi connectivity index (χ1v) is 9.71. The number of benzene rings is 2. The zero-order valence-electron chi connectivity index (χ0n) is 17.4. The summed E-state index contributed by atoms with van der Waals surface area (Å²) in [6, 6.07) is 15.9. The Bertz CT molecular complexity index is 1390. The Hall–Kier alpha value is -4.64. The van der Waals surface area contributed by atoms with Crippen LogP contribution in [-0.2, 0) is 7.05 Å². The summed E-state index contributed by atoms with van der Waals surface area (Å²) in [6.07, 6.45) is 6.87. The lowest BCUT2D eigenvalue weighted by Gasteiger charge is -2.11. The number of nitrogens with one attached hydrogen (secondary N) is 1. The minimum Gasteiger partial charge on any atom is -0.497 e. The third kappa shape index (κ3) is 3.87. The van der Waals surface area contributed by atoms with Gasteiger partial charge < -0.3 is 9.30 Å². The van der Waals surface area contributed by atoms with Crippen molar-refractivity contribution in [3.63, 3.8) is 0 Å². The number of para-hydroxylation sites is 1. The second-order valence-electron chi connectivity index (χ2n) is 7.04. The molecule has 0 unspecified atom stereocenters. The monoisotopic (exact) mass is 425 g/mol. The molecular formula is C24H19N5O3. The summed E-state index contributed by atoms with van der Waals surface area (Å²) in [6.45, 7) is 0. The zero-order valence-corrected chi connectivity index (χ0v) is 17.4. The van der Waals surface area contributed by atoms with Gasteiger partial charge >= 0.3 is 0 Å². The van der Waals surface area contributed by atoms with Crippen molar-refractivity contribution in [1.82, 2.24) is 19.7 Å². The molecule has 2 aromatic heterocycles. The van der Waals surface area contributed by atoms with E-state index >= 15 is 0 Å². The summed E-state index contributed by atoms with van der Waals surface area (Å²) in [5.41, 5.74) is 3.91. The lowest BCUT2D eigenvalue weighted by molar-refractivity contribution is 0.0972. The van der Waals surface area contributed by atoms with Crippen LogP contribution in [0.25, 0.3) is 27.9 Å². The summed E-state index contributed by atoms with van der Waals surface area (Å²) in [5, 5.41) is 15.4. The van der Waals surface area contributed by atoms with E-state index in [1.807, 2.05) is 24.3 Å². The van der Waals surface area contributed by atoms with E-state index in [0.717, 1.165) is 28.0 Å². The van der Waals surface area contributed by atoms with Crippen molar-refractivity contribution in [3.05, 3.63) is 89.1 Å². The fraction of sp³-hybridized carbons (Fsp3) is 0.0833. The number of ether oxygens (including phenoxy) is 1. The lowest BCUT2D eigenvalue weighted by Crippen LogP contribution is -2.19. The number of nitriles is 1. The summed E-state index contributed by atoms with van der Waals surface area (Å²) in [7, 11) is 3.29. The van der Waals surface area contributed by atoms with Crippen molar-refractivity contribution < 1.29 is 9.53 Å². The molecule has 0 fully saturated rings. The van der Waals surface area contributed by atoms with Crippen LogP contribution < -0.4 is 15.6 Å². The SMILES string of the molecule is COc1ccc(-c2cc(=O)n(C)cc2-c2cnn(-c3ccccc3C(=O)NC#N)c2)cc1. The van der Waals surface area contributed by atoms with Crippen LogP contribution in [0, 0.1) is 11.5 Å². The van der Waals surface area contributed by atoms with E-state index in [4.69, 9.17) is 10.00 Å². The van der Waals surface area contributed by atoms with Gasteiger partial charge in [0.25, 0.3) is 11.5 Å². The van der Waals surface area contributed by atoms with Gasteiger partial charge in [-0.15, -0.1) is 0 Å². The van der Waals surface area contributed by atoms with Gasteiger partial charge in [0.1, 0.15) is 5.75 Å². The maximum absolute atomic E-state index is 12.4. The molecule has 0 aliphatic heterocycles. The standard InChI is InChI=1S/C24H19N5O3/c1-28-14-21(20(11-23(28)30)16-7-9-18(32-2)10-8-16)17-12-27-29(13-17)22-6-4-3-5-19(22)24(31)26-15-25/h3-14H,1-2H3,(H,26,31). The molecule has 8 heteroatoms. The molecule has 4 aromatic rings. The smallest absolute Gasteiger partial charge is 0.266 e. The number of hydrogen-bond acceptors (Lipinski definition) is 5. The maximum Gasteiger partial charge on any atom is 0.266 e. The van der Waals surface area contributed by atoms with Gasteiger partial charge in [-0.25, -0.2) is 4.68 Å². The molecular weight excluding hydrogens is 406 g/mol. The van der Waals surface area contributed by atoms with E-state index < -0.39 is 5.91 Å². The van der Waals surface area contributed by atoms with Gasteiger partial charge in [-0.05, 0) is 35.4 Å². The van der Waals surface area contributed by atoms with Crippen LogP contribution in [0.5, 0.6) is 5.75 Å². The van der Waals surface area contributed by atoms with Crippen LogP contribution in [0.2, 0.25) is 0 Å². The second-order valence-corrected chi connectivity index (χ2v) is 7.04. The summed E-state index contributed by atoms with van der Waals surface area (Å²) >= 11 is 0. The van der Waals surface area contributed by atoms with Gasteiger partial charge in [0.15, 0.2) is 6.19 Å². The number of nitrogens with zero attached hydrogens (tertiary/aromatic N) is 4. The highest BCUT2D eigenvalue weighted by Gasteiger charge is 2.16. The van der Waals surface area contributed by atoms with Crippen molar-refractivity contribution >= 4 is 5.91 Å². The Morgan fingerprint density at radius 1 is 1.06 bits per heavy atom. The average Bonchev–Trinajstić information content (AvgIpc) is 3.31. The van der Waals surface area contributed by atoms with Gasteiger partial charge in [0, 0.05) is 36.6 Å². The average molecular weight is 425 g/mol. The van der Waals surface area contributed by atoms with Crippen molar-refractivity contribution in [2.45, 2.75) is 0 Å². The third-order valence-electron chi connectivity index (χ3n) is 5.09. The zero-order chi connectivity index (χ0) is 22.7. The highest BCUT2D eigenvalue weighted by molar-refractivity contribution is 5.98. The molecule has 2 heterocycles. The number of amides is 1. The van der Waals surface area contributed by atoms with E-state index in [9.17, 15) is 9.59 Å². The number of aromatic nitrogens is 3. The number of methoxy groups -OCH3 is 1. The van der Waals surface area contributed by atoms with Gasteiger partial charge in [0.2, 0.25) is 0 Å². The number of pyridine rings is 1. The number of hydrogen-bond donors (Lipinski definition) is 1. The summed E-state index contributed by atoms with van der Waals surface area (Å²) in [4.78, 5) is 24.6. The number of carbonyl (C=O) groups excluding carboxylic acids is 1. The minimum absolute atomic E-state index is 0.134. The molecule has 1 N–H and O–H groups in total. The molecule has 0 radical (unpaired) electrons. The Labute approximate surface area is 183 Å². The molecule has 1 amide bonds. The van der Waals surface area contributed by atoms with Crippen molar-refractivity contribution in [2.75, 3.05) is 7.11 Å². The number of rotatable bonds is 5. The largest absolute Gasteiger partial charge is 0.497 e. The van der Waals surface area contributed by atoms with Crippen LogP contribution in [0.4, 0.5) is 0 Å². The molecule has 0 saturated carbocycles. The van der Waals surface area contributed by atoms with Crippen molar-refractivity contribution in [2.24, 2.45) is 7.05 Å². The molecule has 0 spiro atoms. The topological polar surface area (TPSA) is 102 Å². The summed E-state index contributed by atoms with van der Waals surface area (Å²) < 4.78 is 8.31. The lowest BCUT2D eigenvalue weighted by atomic mass is 9.98.